The Bertz CT molecular complexity index is 1140. The molecule has 3 heteroatoms. The minimum absolute atomic E-state index is 0.0671. The van der Waals surface area contributed by atoms with Gasteiger partial charge in [-0.15, -0.1) is 0 Å². The number of carbonyl (C=O) groups is 1. The minimum atomic E-state index is 0.0671. The first-order valence-electron chi connectivity index (χ1n) is 8.77. The van der Waals surface area contributed by atoms with Crippen molar-refractivity contribution in [3.05, 3.63) is 82.9 Å². The van der Waals surface area contributed by atoms with Crippen LogP contribution in [0.2, 0.25) is 0 Å². The first kappa shape index (κ1) is 18.5. The molecule has 27 heavy (non-hydrogen) atoms. The third kappa shape index (κ3) is 3.77. The summed E-state index contributed by atoms with van der Waals surface area (Å²) in [6, 6.07) is 19.2. The molecule has 4 rings (SSSR count). The van der Waals surface area contributed by atoms with Gasteiger partial charge in [0.1, 0.15) is 11.5 Å². The Kier molecular flexibility index (Phi) is 5.13. The summed E-state index contributed by atoms with van der Waals surface area (Å²) in [5, 5.41) is 23.2. The van der Waals surface area contributed by atoms with Crippen molar-refractivity contribution < 1.29 is 15.0 Å². The van der Waals surface area contributed by atoms with Gasteiger partial charge in [-0.05, 0) is 43.2 Å². The van der Waals surface area contributed by atoms with E-state index < -0.39 is 0 Å². The molecule has 0 bridgehead atoms. The van der Waals surface area contributed by atoms with Crippen molar-refractivity contribution in [3.63, 3.8) is 0 Å². The Morgan fingerprint density at radius 2 is 1.19 bits per heavy atom. The highest BCUT2D eigenvalue weighted by atomic mass is 16.3. The third-order valence-electron chi connectivity index (χ3n) is 4.65. The molecular weight excluding hydrogens is 336 g/mol. The number of aryl methyl sites for hydroxylation is 3. The molecule has 0 aliphatic rings. The molecule has 0 spiro atoms. The van der Waals surface area contributed by atoms with Crippen LogP contribution in [0.1, 0.15) is 27.0 Å². The zero-order valence-corrected chi connectivity index (χ0v) is 15.7. The fourth-order valence-electron chi connectivity index (χ4n) is 3.09. The van der Waals surface area contributed by atoms with Crippen LogP contribution in [0.25, 0.3) is 21.5 Å². The van der Waals surface area contributed by atoms with E-state index in [1.807, 2.05) is 62.4 Å². The zero-order chi connectivity index (χ0) is 19.6. The highest BCUT2D eigenvalue weighted by molar-refractivity contribution is 5.96. The first-order valence-corrected chi connectivity index (χ1v) is 8.77. The Hall–Kier alpha value is -3.33. The smallest absolute Gasteiger partial charge is 0.153 e. The van der Waals surface area contributed by atoms with Crippen molar-refractivity contribution in [3.8, 4) is 11.5 Å². The predicted molar refractivity (Wildman–Crippen MR) is 111 cm³/mol. The van der Waals surface area contributed by atoms with Crippen molar-refractivity contribution in [1.29, 1.82) is 0 Å². The van der Waals surface area contributed by atoms with Gasteiger partial charge in [0.05, 0.1) is 5.56 Å². The van der Waals surface area contributed by atoms with Crippen molar-refractivity contribution in [2.45, 2.75) is 20.8 Å². The van der Waals surface area contributed by atoms with Crippen LogP contribution in [-0.4, -0.2) is 16.5 Å². The Morgan fingerprint density at radius 1 is 0.667 bits per heavy atom. The summed E-state index contributed by atoms with van der Waals surface area (Å²) in [6.45, 7) is 5.95. The maximum Gasteiger partial charge on any atom is 0.153 e. The molecule has 0 amide bonds. The lowest BCUT2D eigenvalue weighted by Crippen LogP contribution is -1.83. The Morgan fingerprint density at radius 3 is 1.74 bits per heavy atom. The second-order valence-electron chi connectivity index (χ2n) is 6.80. The van der Waals surface area contributed by atoms with E-state index in [0.717, 1.165) is 32.7 Å². The van der Waals surface area contributed by atoms with E-state index in [4.69, 9.17) is 0 Å². The first-order chi connectivity index (χ1) is 12.9. The molecule has 0 atom stereocenters. The number of hydrogen-bond donors (Lipinski definition) is 2. The number of rotatable bonds is 1. The maximum absolute atomic E-state index is 10.6. The number of aromatic hydroxyl groups is 2. The molecule has 0 aliphatic heterocycles. The number of aldehydes is 1. The highest BCUT2D eigenvalue weighted by Gasteiger charge is 2.05. The number of phenols is 2. The molecule has 0 saturated heterocycles. The molecular formula is C24H22O3. The Labute approximate surface area is 158 Å². The van der Waals surface area contributed by atoms with Crippen LogP contribution in [0.5, 0.6) is 11.5 Å². The second-order valence-corrected chi connectivity index (χ2v) is 6.80. The van der Waals surface area contributed by atoms with Crippen molar-refractivity contribution in [2.75, 3.05) is 0 Å². The summed E-state index contributed by atoms with van der Waals surface area (Å²) in [7, 11) is 0. The molecule has 0 unspecified atom stereocenters. The quantitative estimate of drug-likeness (QED) is 0.421. The standard InChI is InChI=1S/C12H10O2.C12H12O/c1-8-2-5-11-9(6-8)3-4-10(7-13)12(11)14;1-8-3-6-11-10(7-8)5-4-9(2)12(11)13/h2-7,14H,1H3;3-7,13H,1-2H3. The van der Waals surface area contributed by atoms with Crippen LogP contribution in [0.15, 0.2) is 60.7 Å². The molecule has 0 fully saturated rings. The molecule has 4 aromatic rings. The van der Waals surface area contributed by atoms with Gasteiger partial charge in [0.15, 0.2) is 6.29 Å². The second kappa shape index (κ2) is 7.50. The molecule has 0 saturated carbocycles. The van der Waals surface area contributed by atoms with Crippen LogP contribution in [0, 0.1) is 20.8 Å². The topological polar surface area (TPSA) is 57.5 Å². The Balaban J connectivity index is 0.000000156. The zero-order valence-electron chi connectivity index (χ0n) is 15.7. The van der Waals surface area contributed by atoms with Gasteiger partial charge < -0.3 is 10.2 Å². The van der Waals surface area contributed by atoms with E-state index in [1.54, 1.807) is 6.07 Å². The van der Waals surface area contributed by atoms with Crippen LogP contribution in [0.3, 0.4) is 0 Å². The largest absolute Gasteiger partial charge is 0.507 e. The van der Waals surface area contributed by atoms with Crippen LogP contribution in [0.4, 0.5) is 0 Å². The molecule has 4 aromatic carbocycles. The van der Waals surface area contributed by atoms with Gasteiger partial charge in [0, 0.05) is 10.8 Å². The summed E-state index contributed by atoms with van der Waals surface area (Å²) in [6.07, 6.45) is 0.661. The van der Waals surface area contributed by atoms with Crippen molar-refractivity contribution >= 4 is 27.8 Å². The van der Waals surface area contributed by atoms with E-state index in [-0.39, 0.29) is 5.75 Å². The summed E-state index contributed by atoms with van der Waals surface area (Å²) >= 11 is 0. The average Bonchev–Trinajstić information content (AvgIpc) is 2.65. The summed E-state index contributed by atoms with van der Waals surface area (Å²) in [5.41, 5.74) is 3.62. The summed E-state index contributed by atoms with van der Waals surface area (Å²) < 4.78 is 0. The number of fused-ring (bicyclic) bond motifs is 2. The summed E-state index contributed by atoms with van der Waals surface area (Å²) in [4.78, 5) is 10.6. The molecule has 0 radical (unpaired) electrons. The van der Waals surface area contributed by atoms with E-state index in [9.17, 15) is 15.0 Å². The molecule has 2 N–H and O–H groups in total. The number of carbonyl (C=O) groups excluding carboxylic acids is 1. The SMILES string of the molecule is Cc1ccc2c(O)c(C)ccc2c1.Cc1ccc2c(O)c(C=O)ccc2c1. The van der Waals surface area contributed by atoms with Gasteiger partial charge in [0.2, 0.25) is 0 Å². The van der Waals surface area contributed by atoms with E-state index in [0.29, 0.717) is 17.6 Å². The normalized spacial score (nSPS) is 10.5. The molecule has 0 aliphatic carbocycles. The van der Waals surface area contributed by atoms with E-state index in [2.05, 4.69) is 13.0 Å². The van der Waals surface area contributed by atoms with Crippen LogP contribution in [-0.2, 0) is 0 Å². The highest BCUT2D eigenvalue weighted by Crippen LogP contribution is 2.29. The number of hydrogen-bond acceptors (Lipinski definition) is 3. The number of benzene rings is 4. The average molecular weight is 358 g/mol. The van der Waals surface area contributed by atoms with Crippen LogP contribution >= 0.6 is 0 Å². The van der Waals surface area contributed by atoms with Gasteiger partial charge >= 0.3 is 0 Å². The van der Waals surface area contributed by atoms with E-state index >= 15 is 0 Å². The predicted octanol–water partition coefficient (Wildman–Crippen LogP) is 5.83. The monoisotopic (exact) mass is 358 g/mol. The van der Waals surface area contributed by atoms with E-state index in [1.165, 1.54) is 5.56 Å². The fraction of sp³-hybridized carbons (Fsp3) is 0.125. The summed E-state index contributed by atoms with van der Waals surface area (Å²) in [5.74, 6) is 0.468. The van der Waals surface area contributed by atoms with Crippen LogP contribution < -0.4 is 0 Å². The number of phenolic OH excluding ortho intramolecular Hbond substituents is 2. The third-order valence-corrected chi connectivity index (χ3v) is 4.65. The maximum atomic E-state index is 10.6. The lowest BCUT2D eigenvalue weighted by Gasteiger charge is -2.04. The van der Waals surface area contributed by atoms with Gasteiger partial charge in [-0.3, -0.25) is 4.79 Å². The lowest BCUT2D eigenvalue weighted by molar-refractivity contribution is 0.112. The molecule has 3 nitrogen and oxygen atoms in total. The van der Waals surface area contributed by atoms with Gasteiger partial charge in [0.25, 0.3) is 0 Å². The molecule has 136 valence electrons. The lowest BCUT2D eigenvalue weighted by atomic mass is 10.0. The van der Waals surface area contributed by atoms with Crippen molar-refractivity contribution in [1.82, 2.24) is 0 Å². The minimum Gasteiger partial charge on any atom is -0.507 e. The molecule has 0 aromatic heterocycles. The van der Waals surface area contributed by atoms with Gasteiger partial charge in [-0.25, -0.2) is 0 Å². The van der Waals surface area contributed by atoms with Crippen molar-refractivity contribution in [2.24, 2.45) is 0 Å². The van der Waals surface area contributed by atoms with Gasteiger partial charge in [-0.1, -0.05) is 65.7 Å². The fourth-order valence-corrected chi connectivity index (χ4v) is 3.09. The van der Waals surface area contributed by atoms with Gasteiger partial charge in [-0.2, -0.15) is 0 Å². The molecule has 0 heterocycles.